The SMILES string of the molecule is Cl.N[C@H](CO)C[C@@H]1CCCNC1=O. The minimum absolute atomic E-state index is 0. The van der Waals surface area contributed by atoms with E-state index in [-0.39, 0.29) is 36.9 Å². The summed E-state index contributed by atoms with van der Waals surface area (Å²) in [5, 5.41) is 11.5. The maximum Gasteiger partial charge on any atom is 0.223 e. The molecule has 1 aliphatic heterocycles. The van der Waals surface area contributed by atoms with E-state index in [1.807, 2.05) is 0 Å². The van der Waals surface area contributed by atoms with Gasteiger partial charge in [-0.1, -0.05) is 0 Å². The Bertz CT molecular complexity index is 166. The summed E-state index contributed by atoms with van der Waals surface area (Å²) in [5.74, 6) is 0.103. The molecule has 0 spiro atoms. The molecule has 1 saturated heterocycles. The lowest BCUT2D eigenvalue weighted by Crippen LogP contribution is -2.40. The molecular formula is C8H17ClN2O2. The molecule has 0 saturated carbocycles. The van der Waals surface area contributed by atoms with E-state index < -0.39 is 0 Å². The molecule has 4 nitrogen and oxygen atoms in total. The molecule has 1 rings (SSSR count). The zero-order valence-corrected chi connectivity index (χ0v) is 8.35. The van der Waals surface area contributed by atoms with E-state index in [9.17, 15) is 4.79 Å². The molecule has 0 aromatic carbocycles. The minimum atomic E-state index is -0.251. The van der Waals surface area contributed by atoms with Gasteiger partial charge in [-0.2, -0.15) is 0 Å². The van der Waals surface area contributed by atoms with Gasteiger partial charge in [0.05, 0.1) is 6.61 Å². The van der Waals surface area contributed by atoms with Gasteiger partial charge < -0.3 is 16.2 Å². The second kappa shape index (κ2) is 6.18. The standard InChI is InChI=1S/C8H16N2O2.ClH/c9-7(5-11)4-6-2-1-3-10-8(6)12;/h6-7,11H,1-5,9H2,(H,10,12);1H/t6-,7-;/m0./s1. The highest BCUT2D eigenvalue weighted by Crippen LogP contribution is 2.16. The van der Waals surface area contributed by atoms with Crippen LogP contribution in [0.4, 0.5) is 0 Å². The summed E-state index contributed by atoms with van der Waals surface area (Å²) < 4.78 is 0. The van der Waals surface area contributed by atoms with Gasteiger partial charge in [-0.25, -0.2) is 0 Å². The lowest BCUT2D eigenvalue weighted by atomic mass is 9.92. The van der Waals surface area contributed by atoms with Crippen molar-refractivity contribution in [1.82, 2.24) is 5.32 Å². The Labute approximate surface area is 84.3 Å². The summed E-state index contributed by atoms with van der Waals surface area (Å²) >= 11 is 0. The highest BCUT2D eigenvalue weighted by molar-refractivity contribution is 5.85. The number of halogens is 1. The van der Waals surface area contributed by atoms with Crippen molar-refractivity contribution >= 4 is 18.3 Å². The fraction of sp³-hybridized carbons (Fsp3) is 0.875. The third kappa shape index (κ3) is 3.93. The van der Waals surface area contributed by atoms with E-state index in [1.54, 1.807) is 0 Å². The van der Waals surface area contributed by atoms with Gasteiger partial charge in [0.2, 0.25) is 5.91 Å². The van der Waals surface area contributed by atoms with Crippen LogP contribution in [0.5, 0.6) is 0 Å². The molecule has 0 radical (unpaired) electrons. The van der Waals surface area contributed by atoms with Crippen LogP contribution in [-0.2, 0) is 4.79 Å². The third-order valence-electron chi connectivity index (χ3n) is 2.22. The number of amides is 1. The molecule has 1 heterocycles. The first-order valence-electron chi connectivity index (χ1n) is 4.38. The molecule has 1 amide bonds. The molecule has 78 valence electrons. The third-order valence-corrected chi connectivity index (χ3v) is 2.22. The number of hydrogen-bond acceptors (Lipinski definition) is 3. The van der Waals surface area contributed by atoms with Crippen LogP contribution in [-0.4, -0.2) is 30.2 Å². The maximum atomic E-state index is 11.2. The minimum Gasteiger partial charge on any atom is -0.395 e. The average Bonchev–Trinajstić information content (AvgIpc) is 2.09. The summed E-state index contributed by atoms with van der Waals surface area (Å²) in [5.41, 5.74) is 5.54. The number of carbonyl (C=O) groups excluding carboxylic acids is 1. The topological polar surface area (TPSA) is 75.3 Å². The number of rotatable bonds is 3. The van der Waals surface area contributed by atoms with Gasteiger partial charge in [0.1, 0.15) is 0 Å². The van der Waals surface area contributed by atoms with Gasteiger partial charge in [-0.05, 0) is 19.3 Å². The van der Waals surface area contributed by atoms with E-state index in [1.165, 1.54) is 0 Å². The molecule has 1 fully saturated rings. The fourth-order valence-corrected chi connectivity index (χ4v) is 1.50. The van der Waals surface area contributed by atoms with E-state index in [0.29, 0.717) is 6.42 Å². The Balaban J connectivity index is 0.00000144. The first-order chi connectivity index (χ1) is 5.74. The van der Waals surface area contributed by atoms with Gasteiger partial charge in [-0.15, -0.1) is 12.4 Å². The van der Waals surface area contributed by atoms with Crippen molar-refractivity contribution in [3.8, 4) is 0 Å². The quantitative estimate of drug-likeness (QED) is 0.593. The van der Waals surface area contributed by atoms with Gasteiger partial charge in [0.15, 0.2) is 0 Å². The monoisotopic (exact) mass is 208 g/mol. The Kier molecular flexibility index (Phi) is 6.03. The second-order valence-electron chi connectivity index (χ2n) is 3.31. The molecule has 1 aliphatic rings. The zero-order valence-electron chi connectivity index (χ0n) is 7.53. The van der Waals surface area contributed by atoms with Crippen LogP contribution in [0.3, 0.4) is 0 Å². The van der Waals surface area contributed by atoms with Gasteiger partial charge >= 0.3 is 0 Å². The molecule has 0 aromatic rings. The van der Waals surface area contributed by atoms with Crippen molar-refractivity contribution in [3.05, 3.63) is 0 Å². The predicted molar refractivity (Wildman–Crippen MR) is 52.7 cm³/mol. The lowest BCUT2D eigenvalue weighted by Gasteiger charge is -2.23. The predicted octanol–water partition coefficient (Wildman–Crippen LogP) is -0.356. The van der Waals surface area contributed by atoms with Crippen molar-refractivity contribution < 1.29 is 9.90 Å². The van der Waals surface area contributed by atoms with Gasteiger partial charge in [0.25, 0.3) is 0 Å². The van der Waals surface area contributed by atoms with Crippen LogP contribution in [0, 0.1) is 5.92 Å². The molecule has 0 aromatic heterocycles. The first kappa shape index (κ1) is 12.7. The van der Waals surface area contributed by atoms with Gasteiger partial charge in [-0.3, -0.25) is 4.79 Å². The summed E-state index contributed by atoms with van der Waals surface area (Å²) in [6.45, 7) is 0.744. The van der Waals surface area contributed by atoms with Crippen LogP contribution in [0.1, 0.15) is 19.3 Å². The second-order valence-corrected chi connectivity index (χ2v) is 3.31. The Morgan fingerprint density at radius 1 is 1.69 bits per heavy atom. The zero-order chi connectivity index (χ0) is 8.97. The number of aliphatic hydroxyl groups excluding tert-OH is 1. The van der Waals surface area contributed by atoms with Crippen LogP contribution >= 0.6 is 12.4 Å². The van der Waals surface area contributed by atoms with Crippen molar-refractivity contribution in [2.75, 3.05) is 13.2 Å². The van der Waals surface area contributed by atoms with Crippen molar-refractivity contribution in [2.45, 2.75) is 25.3 Å². The van der Waals surface area contributed by atoms with Crippen LogP contribution < -0.4 is 11.1 Å². The van der Waals surface area contributed by atoms with Crippen molar-refractivity contribution in [2.24, 2.45) is 11.7 Å². The number of aliphatic hydroxyl groups is 1. The molecule has 0 aliphatic carbocycles. The average molecular weight is 209 g/mol. The molecule has 2 atom stereocenters. The summed E-state index contributed by atoms with van der Waals surface area (Å²) in [7, 11) is 0. The summed E-state index contributed by atoms with van der Waals surface area (Å²) in [4.78, 5) is 11.2. The summed E-state index contributed by atoms with van der Waals surface area (Å²) in [6.07, 6.45) is 2.52. The molecule has 0 bridgehead atoms. The number of hydrogen-bond donors (Lipinski definition) is 3. The Morgan fingerprint density at radius 3 is 2.92 bits per heavy atom. The van der Waals surface area contributed by atoms with E-state index in [2.05, 4.69) is 5.32 Å². The fourth-order valence-electron chi connectivity index (χ4n) is 1.50. The first-order valence-corrected chi connectivity index (χ1v) is 4.38. The number of carbonyl (C=O) groups is 1. The summed E-state index contributed by atoms with van der Waals surface area (Å²) in [6, 6.07) is -0.251. The highest BCUT2D eigenvalue weighted by atomic mass is 35.5. The van der Waals surface area contributed by atoms with Crippen molar-refractivity contribution in [3.63, 3.8) is 0 Å². The highest BCUT2D eigenvalue weighted by Gasteiger charge is 2.23. The number of nitrogens with two attached hydrogens (primary N) is 1. The molecule has 0 unspecified atom stereocenters. The van der Waals surface area contributed by atoms with E-state index in [4.69, 9.17) is 10.8 Å². The van der Waals surface area contributed by atoms with Gasteiger partial charge in [0, 0.05) is 18.5 Å². The van der Waals surface area contributed by atoms with Crippen molar-refractivity contribution in [1.29, 1.82) is 0 Å². The smallest absolute Gasteiger partial charge is 0.223 e. The molecular weight excluding hydrogens is 192 g/mol. The largest absolute Gasteiger partial charge is 0.395 e. The lowest BCUT2D eigenvalue weighted by molar-refractivity contribution is -0.127. The van der Waals surface area contributed by atoms with E-state index >= 15 is 0 Å². The maximum absolute atomic E-state index is 11.2. The van der Waals surface area contributed by atoms with Crippen LogP contribution in [0.2, 0.25) is 0 Å². The van der Waals surface area contributed by atoms with Crippen LogP contribution in [0.15, 0.2) is 0 Å². The molecule has 5 heteroatoms. The molecule has 13 heavy (non-hydrogen) atoms. The number of nitrogens with one attached hydrogen (secondary N) is 1. The Morgan fingerprint density at radius 2 is 2.38 bits per heavy atom. The molecule has 4 N–H and O–H groups in total. The normalized spacial score (nSPS) is 24.5. The number of piperidine rings is 1. The Hall–Kier alpha value is -0.320. The van der Waals surface area contributed by atoms with Crippen LogP contribution in [0.25, 0.3) is 0 Å². The van der Waals surface area contributed by atoms with E-state index in [0.717, 1.165) is 19.4 Å².